The maximum atomic E-state index is 12.6. The topological polar surface area (TPSA) is 69.6 Å². The lowest BCUT2D eigenvalue weighted by Gasteiger charge is -2.20. The Labute approximate surface area is 147 Å². The number of carbonyl (C=O) groups is 2. The molecule has 2 aromatic carbocycles. The van der Waals surface area contributed by atoms with Gasteiger partial charge in [-0.2, -0.15) is 0 Å². The minimum Gasteiger partial charge on any atom is -0.394 e. The van der Waals surface area contributed by atoms with Gasteiger partial charge in [-0.05, 0) is 24.6 Å². The number of nitrogens with one attached hydrogen (secondary N) is 1. The Balaban J connectivity index is 1.67. The van der Waals surface area contributed by atoms with Crippen LogP contribution in [-0.4, -0.2) is 30.1 Å². The van der Waals surface area contributed by atoms with E-state index >= 15 is 0 Å². The first-order valence-electron chi connectivity index (χ1n) is 8.41. The van der Waals surface area contributed by atoms with Crippen LogP contribution in [0, 0.1) is 12.8 Å². The number of rotatable bonds is 5. The van der Waals surface area contributed by atoms with Crippen molar-refractivity contribution in [1.29, 1.82) is 0 Å². The summed E-state index contributed by atoms with van der Waals surface area (Å²) in [6, 6.07) is 16.6. The van der Waals surface area contributed by atoms with Crippen LogP contribution in [0.5, 0.6) is 0 Å². The van der Waals surface area contributed by atoms with Crippen molar-refractivity contribution in [3.05, 3.63) is 65.7 Å². The van der Waals surface area contributed by atoms with Crippen molar-refractivity contribution in [2.24, 2.45) is 5.92 Å². The average molecular weight is 338 g/mol. The molecule has 0 aliphatic carbocycles. The van der Waals surface area contributed by atoms with Gasteiger partial charge in [-0.3, -0.25) is 9.59 Å². The highest BCUT2D eigenvalue weighted by Crippen LogP contribution is 2.26. The highest BCUT2D eigenvalue weighted by Gasteiger charge is 2.35. The van der Waals surface area contributed by atoms with Crippen molar-refractivity contribution in [3.8, 4) is 0 Å². The van der Waals surface area contributed by atoms with E-state index in [2.05, 4.69) is 5.32 Å². The van der Waals surface area contributed by atoms with E-state index in [-0.39, 0.29) is 24.8 Å². The van der Waals surface area contributed by atoms with Gasteiger partial charge in [-0.25, -0.2) is 0 Å². The van der Waals surface area contributed by atoms with Crippen molar-refractivity contribution < 1.29 is 14.7 Å². The van der Waals surface area contributed by atoms with Crippen LogP contribution in [0.4, 0.5) is 5.69 Å². The van der Waals surface area contributed by atoms with Crippen LogP contribution >= 0.6 is 0 Å². The molecule has 130 valence electrons. The summed E-state index contributed by atoms with van der Waals surface area (Å²) in [5, 5.41) is 12.4. The van der Waals surface area contributed by atoms with Gasteiger partial charge in [0.25, 0.3) is 0 Å². The fourth-order valence-electron chi connectivity index (χ4n) is 3.07. The van der Waals surface area contributed by atoms with Crippen LogP contribution in [-0.2, 0) is 9.59 Å². The molecule has 0 saturated carbocycles. The third-order valence-electron chi connectivity index (χ3n) is 4.54. The van der Waals surface area contributed by atoms with Gasteiger partial charge in [0.2, 0.25) is 11.8 Å². The van der Waals surface area contributed by atoms with Crippen LogP contribution in [0.25, 0.3) is 0 Å². The highest BCUT2D eigenvalue weighted by molar-refractivity contribution is 6.00. The smallest absolute Gasteiger partial charge is 0.227 e. The second kappa shape index (κ2) is 7.49. The predicted octanol–water partition coefficient (Wildman–Crippen LogP) is 2.20. The maximum absolute atomic E-state index is 12.6. The second-order valence-corrected chi connectivity index (χ2v) is 6.40. The van der Waals surface area contributed by atoms with E-state index in [0.717, 1.165) is 16.8 Å². The summed E-state index contributed by atoms with van der Waals surface area (Å²) in [5.41, 5.74) is 2.78. The van der Waals surface area contributed by atoms with Gasteiger partial charge in [0.15, 0.2) is 0 Å². The summed E-state index contributed by atoms with van der Waals surface area (Å²) in [4.78, 5) is 26.5. The Morgan fingerprint density at radius 3 is 2.52 bits per heavy atom. The van der Waals surface area contributed by atoms with Crippen molar-refractivity contribution >= 4 is 17.5 Å². The third-order valence-corrected chi connectivity index (χ3v) is 4.54. The first-order valence-corrected chi connectivity index (χ1v) is 8.41. The normalized spacial score (nSPS) is 18.2. The molecule has 25 heavy (non-hydrogen) atoms. The highest BCUT2D eigenvalue weighted by atomic mass is 16.3. The largest absolute Gasteiger partial charge is 0.394 e. The standard InChI is InChI=1S/C20H22N2O3/c1-14-7-9-17(10-8-14)22-12-16(11-19(22)24)20(25)21-18(13-23)15-5-3-2-4-6-15/h2-10,16,18,23H,11-13H2,1H3,(H,21,25). The molecule has 0 radical (unpaired) electrons. The molecule has 1 heterocycles. The summed E-state index contributed by atoms with van der Waals surface area (Å²) in [6.45, 7) is 2.17. The van der Waals surface area contributed by atoms with Gasteiger partial charge in [0, 0.05) is 18.7 Å². The lowest BCUT2D eigenvalue weighted by atomic mass is 10.0. The van der Waals surface area contributed by atoms with Gasteiger partial charge < -0.3 is 15.3 Å². The summed E-state index contributed by atoms with van der Waals surface area (Å²) in [7, 11) is 0. The fraction of sp³-hybridized carbons (Fsp3) is 0.300. The number of aryl methyl sites for hydroxylation is 1. The molecule has 5 nitrogen and oxygen atoms in total. The molecule has 2 amide bonds. The SMILES string of the molecule is Cc1ccc(N2CC(C(=O)NC(CO)c3ccccc3)CC2=O)cc1. The predicted molar refractivity (Wildman–Crippen MR) is 96.1 cm³/mol. The monoisotopic (exact) mass is 338 g/mol. The molecule has 1 saturated heterocycles. The first kappa shape index (κ1) is 17.2. The zero-order chi connectivity index (χ0) is 17.8. The Morgan fingerprint density at radius 2 is 1.88 bits per heavy atom. The first-order chi connectivity index (χ1) is 12.1. The molecule has 3 rings (SSSR count). The molecule has 5 heteroatoms. The number of hydrogen-bond acceptors (Lipinski definition) is 3. The van der Waals surface area contributed by atoms with E-state index in [1.165, 1.54) is 0 Å². The van der Waals surface area contributed by atoms with Crippen LogP contribution in [0.1, 0.15) is 23.6 Å². The molecule has 0 aromatic heterocycles. The van der Waals surface area contributed by atoms with E-state index in [9.17, 15) is 14.7 Å². The van der Waals surface area contributed by atoms with Crippen molar-refractivity contribution in [1.82, 2.24) is 5.32 Å². The number of carbonyl (C=O) groups excluding carboxylic acids is 2. The molecule has 1 fully saturated rings. The van der Waals surface area contributed by atoms with Gasteiger partial charge >= 0.3 is 0 Å². The number of anilines is 1. The molecule has 2 N–H and O–H groups in total. The van der Waals surface area contributed by atoms with Crippen molar-refractivity contribution in [3.63, 3.8) is 0 Å². The molecular weight excluding hydrogens is 316 g/mol. The third kappa shape index (κ3) is 3.88. The summed E-state index contributed by atoms with van der Waals surface area (Å²) >= 11 is 0. The molecule has 1 aliphatic heterocycles. The number of aliphatic hydroxyl groups excluding tert-OH is 1. The Kier molecular flexibility index (Phi) is 5.14. The van der Waals surface area contributed by atoms with Crippen LogP contribution in [0.2, 0.25) is 0 Å². The Morgan fingerprint density at radius 1 is 1.20 bits per heavy atom. The Bertz CT molecular complexity index is 743. The van der Waals surface area contributed by atoms with Crippen LogP contribution in [0.3, 0.4) is 0 Å². The minimum absolute atomic E-state index is 0.0516. The van der Waals surface area contributed by atoms with Crippen LogP contribution in [0.15, 0.2) is 54.6 Å². The summed E-state index contributed by atoms with van der Waals surface area (Å²) < 4.78 is 0. The lowest BCUT2D eigenvalue weighted by Crippen LogP contribution is -2.37. The number of aliphatic hydroxyl groups is 1. The molecule has 0 bridgehead atoms. The van der Waals surface area contributed by atoms with Gasteiger partial charge in [-0.15, -0.1) is 0 Å². The maximum Gasteiger partial charge on any atom is 0.227 e. The minimum atomic E-state index is -0.461. The quantitative estimate of drug-likeness (QED) is 0.878. The molecule has 2 unspecified atom stereocenters. The number of benzene rings is 2. The van der Waals surface area contributed by atoms with E-state index in [1.54, 1.807) is 4.90 Å². The van der Waals surface area contributed by atoms with E-state index in [1.807, 2.05) is 61.5 Å². The second-order valence-electron chi connectivity index (χ2n) is 6.40. The lowest BCUT2D eigenvalue weighted by molar-refractivity contribution is -0.127. The van der Waals surface area contributed by atoms with Crippen LogP contribution < -0.4 is 10.2 Å². The van der Waals surface area contributed by atoms with Gasteiger partial charge in [0.05, 0.1) is 18.6 Å². The van der Waals surface area contributed by atoms with E-state index in [4.69, 9.17) is 0 Å². The van der Waals surface area contributed by atoms with Crippen molar-refractivity contribution in [2.45, 2.75) is 19.4 Å². The van der Waals surface area contributed by atoms with Gasteiger partial charge in [-0.1, -0.05) is 48.0 Å². The summed E-state index contributed by atoms with van der Waals surface area (Å²) in [5.74, 6) is -0.665. The molecule has 2 atom stereocenters. The van der Waals surface area contributed by atoms with E-state index in [0.29, 0.717) is 6.54 Å². The molecular formula is C20H22N2O3. The average Bonchev–Trinajstić information content (AvgIpc) is 3.03. The Hall–Kier alpha value is -2.66. The van der Waals surface area contributed by atoms with E-state index < -0.39 is 12.0 Å². The summed E-state index contributed by atoms with van der Waals surface area (Å²) in [6.07, 6.45) is 0.187. The molecule has 2 aromatic rings. The number of nitrogens with zero attached hydrogens (tertiary/aromatic N) is 1. The zero-order valence-corrected chi connectivity index (χ0v) is 14.2. The van der Waals surface area contributed by atoms with Crippen molar-refractivity contribution in [2.75, 3.05) is 18.1 Å². The van der Waals surface area contributed by atoms with Gasteiger partial charge in [0.1, 0.15) is 0 Å². The molecule has 1 aliphatic rings. The zero-order valence-electron chi connectivity index (χ0n) is 14.2. The number of hydrogen-bond donors (Lipinski definition) is 2. The molecule has 0 spiro atoms. The number of amides is 2. The fourth-order valence-corrected chi connectivity index (χ4v) is 3.07.